The summed E-state index contributed by atoms with van der Waals surface area (Å²) in [5, 5.41) is 23.4. The van der Waals surface area contributed by atoms with Crippen LogP contribution in [0.15, 0.2) is 42.5 Å². The lowest BCUT2D eigenvalue weighted by molar-refractivity contribution is -0.383. The first kappa shape index (κ1) is 21.2. The summed E-state index contributed by atoms with van der Waals surface area (Å²) in [6, 6.07) is 12.5. The number of benzene rings is 2. The van der Waals surface area contributed by atoms with Crippen molar-refractivity contribution in [2.45, 2.75) is 31.7 Å². The van der Waals surface area contributed by atoms with Gasteiger partial charge in [-0.25, -0.2) is 0 Å². The molecule has 0 saturated carbocycles. The first-order valence-electron chi connectivity index (χ1n) is 9.66. The summed E-state index contributed by atoms with van der Waals surface area (Å²) in [7, 11) is 0. The van der Waals surface area contributed by atoms with E-state index in [0.29, 0.717) is 13.0 Å². The lowest BCUT2D eigenvalue weighted by Gasteiger charge is -2.35. The minimum atomic E-state index is -0.567. The Kier molecular flexibility index (Phi) is 7.19. The molecule has 1 amide bonds. The molecule has 1 atom stereocenters. The molecule has 0 heterocycles. The molecular weight excluding hydrogens is 394 g/mol. The van der Waals surface area contributed by atoms with Crippen LogP contribution in [0.25, 0.3) is 0 Å². The summed E-state index contributed by atoms with van der Waals surface area (Å²) in [6.45, 7) is 0.680. The van der Waals surface area contributed by atoms with E-state index in [9.17, 15) is 20.0 Å². The van der Waals surface area contributed by atoms with Crippen LogP contribution < -0.4 is 5.32 Å². The first-order valence-corrected chi connectivity index (χ1v) is 10.0. The molecule has 1 aliphatic rings. The molecule has 0 aromatic heterocycles. The van der Waals surface area contributed by atoms with Gasteiger partial charge in [-0.15, -0.1) is 0 Å². The van der Waals surface area contributed by atoms with Crippen molar-refractivity contribution in [1.82, 2.24) is 4.90 Å². The lowest BCUT2D eigenvalue weighted by atomic mass is 9.86. The molecule has 0 unspecified atom stereocenters. The van der Waals surface area contributed by atoms with Crippen molar-refractivity contribution in [2.24, 2.45) is 0 Å². The van der Waals surface area contributed by atoms with Crippen molar-refractivity contribution >= 4 is 28.9 Å². The van der Waals surface area contributed by atoms with E-state index in [1.807, 2.05) is 17.0 Å². The van der Waals surface area contributed by atoms with Crippen molar-refractivity contribution in [1.29, 1.82) is 0 Å². The molecule has 0 bridgehead atoms. The SMILES string of the molecule is O=C(CN(CCCO)[C@H]1CCCc2ccccc21)Nc1ccc(Cl)cc1[N+](=O)[O-]. The molecule has 2 aromatic rings. The van der Waals surface area contributed by atoms with Crippen LogP contribution in [-0.2, 0) is 11.2 Å². The number of amides is 1. The van der Waals surface area contributed by atoms with E-state index < -0.39 is 4.92 Å². The average molecular weight is 418 g/mol. The number of aryl methyl sites for hydroxylation is 1. The Balaban J connectivity index is 1.78. The zero-order valence-electron chi connectivity index (χ0n) is 16.0. The molecule has 0 radical (unpaired) electrons. The van der Waals surface area contributed by atoms with Crippen LogP contribution >= 0.6 is 11.6 Å². The number of aliphatic hydroxyl groups excluding tert-OH is 1. The second kappa shape index (κ2) is 9.82. The monoisotopic (exact) mass is 417 g/mol. The molecule has 2 aromatic carbocycles. The predicted octanol–water partition coefficient (Wildman–Crippen LogP) is 3.95. The second-order valence-electron chi connectivity index (χ2n) is 7.12. The number of nitro groups is 1. The van der Waals surface area contributed by atoms with E-state index >= 15 is 0 Å². The molecule has 0 spiro atoms. The first-order chi connectivity index (χ1) is 14.0. The van der Waals surface area contributed by atoms with E-state index in [1.54, 1.807) is 0 Å². The topological polar surface area (TPSA) is 95.7 Å². The predicted molar refractivity (Wildman–Crippen MR) is 112 cm³/mol. The van der Waals surface area contributed by atoms with E-state index in [4.69, 9.17) is 11.6 Å². The molecule has 8 heteroatoms. The molecule has 2 N–H and O–H groups in total. The van der Waals surface area contributed by atoms with Gasteiger partial charge in [0.15, 0.2) is 0 Å². The maximum absolute atomic E-state index is 12.7. The number of nitrogens with one attached hydrogen (secondary N) is 1. The van der Waals surface area contributed by atoms with Gasteiger partial charge in [-0.05, 0) is 48.9 Å². The number of anilines is 1. The van der Waals surface area contributed by atoms with E-state index in [1.165, 1.54) is 29.3 Å². The number of carbonyl (C=O) groups is 1. The highest BCUT2D eigenvalue weighted by molar-refractivity contribution is 6.31. The molecule has 0 aliphatic heterocycles. The third kappa shape index (κ3) is 5.32. The Hall–Kier alpha value is -2.48. The van der Waals surface area contributed by atoms with Crippen LogP contribution in [-0.4, -0.2) is 40.5 Å². The Morgan fingerprint density at radius 3 is 2.86 bits per heavy atom. The fourth-order valence-electron chi connectivity index (χ4n) is 3.86. The zero-order valence-corrected chi connectivity index (χ0v) is 16.8. The Labute approximate surface area is 174 Å². The summed E-state index contributed by atoms with van der Waals surface area (Å²) in [5.41, 5.74) is 2.37. The Morgan fingerprint density at radius 2 is 2.10 bits per heavy atom. The van der Waals surface area contributed by atoms with Crippen molar-refractivity contribution < 1.29 is 14.8 Å². The van der Waals surface area contributed by atoms with Crippen molar-refractivity contribution in [2.75, 3.05) is 25.0 Å². The van der Waals surface area contributed by atoms with Crippen molar-refractivity contribution in [3.63, 3.8) is 0 Å². The number of rotatable bonds is 8. The number of hydrogen-bond donors (Lipinski definition) is 2. The minimum Gasteiger partial charge on any atom is -0.396 e. The molecule has 3 rings (SSSR count). The zero-order chi connectivity index (χ0) is 20.8. The number of carbonyl (C=O) groups excluding carboxylic acids is 1. The second-order valence-corrected chi connectivity index (χ2v) is 7.56. The van der Waals surface area contributed by atoms with Crippen LogP contribution in [0.4, 0.5) is 11.4 Å². The van der Waals surface area contributed by atoms with Gasteiger partial charge >= 0.3 is 0 Å². The molecule has 7 nitrogen and oxygen atoms in total. The normalized spacial score (nSPS) is 15.8. The molecule has 1 aliphatic carbocycles. The van der Waals surface area contributed by atoms with Gasteiger partial charge < -0.3 is 10.4 Å². The van der Waals surface area contributed by atoms with Crippen LogP contribution in [0.5, 0.6) is 0 Å². The summed E-state index contributed by atoms with van der Waals surface area (Å²) < 4.78 is 0. The van der Waals surface area contributed by atoms with Gasteiger partial charge in [0.1, 0.15) is 5.69 Å². The van der Waals surface area contributed by atoms with E-state index in [2.05, 4.69) is 17.4 Å². The quantitative estimate of drug-likeness (QED) is 0.500. The van der Waals surface area contributed by atoms with E-state index in [0.717, 1.165) is 19.3 Å². The maximum atomic E-state index is 12.7. The highest BCUT2D eigenvalue weighted by Crippen LogP contribution is 2.34. The van der Waals surface area contributed by atoms with Gasteiger partial charge in [0.25, 0.3) is 5.69 Å². The van der Waals surface area contributed by atoms with Crippen LogP contribution in [0.2, 0.25) is 5.02 Å². The average Bonchev–Trinajstić information content (AvgIpc) is 2.72. The highest BCUT2D eigenvalue weighted by Gasteiger charge is 2.27. The third-order valence-corrected chi connectivity index (χ3v) is 5.39. The van der Waals surface area contributed by atoms with Gasteiger partial charge in [0.05, 0.1) is 11.5 Å². The van der Waals surface area contributed by atoms with E-state index in [-0.39, 0.29) is 41.5 Å². The third-order valence-electron chi connectivity index (χ3n) is 5.16. The smallest absolute Gasteiger partial charge is 0.294 e. The number of hydrogen-bond acceptors (Lipinski definition) is 5. The fraction of sp³-hybridized carbons (Fsp3) is 0.381. The molecule has 154 valence electrons. The van der Waals surface area contributed by atoms with Crippen LogP contribution in [0, 0.1) is 10.1 Å². The number of aliphatic hydroxyl groups is 1. The maximum Gasteiger partial charge on any atom is 0.294 e. The van der Waals surface area contributed by atoms with Crippen LogP contribution in [0.3, 0.4) is 0 Å². The van der Waals surface area contributed by atoms with Crippen molar-refractivity contribution in [3.05, 3.63) is 68.7 Å². The largest absolute Gasteiger partial charge is 0.396 e. The molecular formula is C21H24ClN3O4. The summed E-state index contributed by atoms with van der Waals surface area (Å²) >= 11 is 5.84. The van der Waals surface area contributed by atoms with Gasteiger partial charge in [0, 0.05) is 30.3 Å². The van der Waals surface area contributed by atoms with Gasteiger partial charge in [0.2, 0.25) is 5.91 Å². The minimum absolute atomic E-state index is 0.0368. The highest BCUT2D eigenvalue weighted by atomic mass is 35.5. The lowest BCUT2D eigenvalue weighted by Crippen LogP contribution is -2.38. The van der Waals surface area contributed by atoms with Crippen LogP contribution in [0.1, 0.15) is 36.4 Å². The van der Waals surface area contributed by atoms with Crippen molar-refractivity contribution in [3.8, 4) is 0 Å². The fourth-order valence-corrected chi connectivity index (χ4v) is 4.03. The van der Waals surface area contributed by atoms with Gasteiger partial charge in [-0.1, -0.05) is 35.9 Å². The number of nitrogens with zero attached hydrogens (tertiary/aromatic N) is 2. The summed E-state index contributed by atoms with van der Waals surface area (Å²) in [5.74, 6) is -0.337. The molecule has 0 fully saturated rings. The van der Waals surface area contributed by atoms with Gasteiger partial charge in [-0.3, -0.25) is 19.8 Å². The number of fused-ring (bicyclic) bond motifs is 1. The molecule has 0 saturated heterocycles. The van der Waals surface area contributed by atoms with Gasteiger partial charge in [-0.2, -0.15) is 0 Å². The summed E-state index contributed by atoms with van der Waals surface area (Å²) in [6.07, 6.45) is 3.52. The number of halogens is 1. The number of nitro benzene ring substituents is 1. The summed E-state index contributed by atoms with van der Waals surface area (Å²) in [4.78, 5) is 25.5. The molecule has 29 heavy (non-hydrogen) atoms. The Morgan fingerprint density at radius 1 is 1.31 bits per heavy atom. The Bertz CT molecular complexity index is 890. The standard InChI is InChI=1S/C21H24ClN3O4/c22-16-9-10-18(20(13-16)25(28)29)23-21(27)14-24(11-4-12-26)19-8-3-6-15-5-1-2-7-17(15)19/h1-2,5,7,9-10,13,19,26H,3-4,6,8,11-12,14H2,(H,23,27)/t19-/m0/s1.